The van der Waals surface area contributed by atoms with Gasteiger partial charge in [-0.15, -0.1) is 0 Å². The van der Waals surface area contributed by atoms with Crippen molar-refractivity contribution in [2.24, 2.45) is 0 Å². The van der Waals surface area contributed by atoms with Crippen LogP contribution in [0.4, 0.5) is 0 Å². The maximum absolute atomic E-state index is 5.93. The number of hydrogen-bond acceptors (Lipinski definition) is 0. The molecule has 0 N–H and O–H groups in total. The molecule has 0 fully saturated rings. The second kappa shape index (κ2) is 4.61. The molecule has 3 aromatic rings. The Bertz CT molecular complexity index is 875. The average Bonchev–Trinajstić information content (AvgIpc) is 2.76. The molecule has 1 heteroatoms. The van der Waals surface area contributed by atoms with Crippen molar-refractivity contribution in [3.8, 4) is 22.3 Å². The Kier molecular flexibility index (Phi) is 2.81. The SMILES string of the molecule is [B]c1cccc(-c2ccc3c(c2)C(C)(C)c2ccccc2-3)c1. The summed E-state index contributed by atoms with van der Waals surface area (Å²) in [6.07, 6.45) is 0. The van der Waals surface area contributed by atoms with E-state index in [4.69, 9.17) is 7.85 Å². The summed E-state index contributed by atoms with van der Waals surface area (Å²) in [6, 6.07) is 23.6. The van der Waals surface area contributed by atoms with Crippen LogP contribution in [0.3, 0.4) is 0 Å². The third kappa shape index (κ3) is 1.85. The van der Waals surface area contributed by atoms with Crippen molar-refractivity contribution in [3.63, 3.8) is 0 Å². The van der Waals surface area contributed by atoms with E-state index in [2.05, 4.69) is 62.4 Å². The average molecular weight is 280 g/mol. The van der Waals surface area contributed by atoms with Crippen molar-refractivity contribution in [2.75, 3.05) is 0 Å². The monoisotopic (exact) mass is 280 g/mol. The van der Waals surface area contributed by atoms with Crippen molar-refractivity contribution in [1.29, 1.82) is 0 Å². The lowest BCUT2D eigenvalue weighted by molar-refractivity contribution is 0.660. The number of fused-ring (bicyclic) bond motifs is 3. The van der Waals surface area contributed by atoms with Crippen LogP contribution in [0.25, 0.3) is 22.3 Å². The smallest absolute Gasteiger partial charge is 0.0961 e. The molecule has 0 aromatic heterocycles. The van der Waals surface area contributed by atoms with Crippen molar-refractivity contribution in [2.45, 2.75) is 19.3 Å². The van der Waals surface area contributed by atoms with Crippen LogP contribution in [-0.2, 0) is 5.41 Å². The van der Waals surface area contributed by atoms with E-state index in [1.54, 1.807) is 0 Å². The van der Waals surface area contributed by atoms with E-state index in [1.165, 1.54) is 33.4 Å². The highest BCUT2D eigenvalue weighted by Gasteiger charge is 2.35. The Labute approximate surface area is 133 Å². The summed E-state index contributed by atoms with van der Waals surface area (Å²) in [6.45, 7) is 4.61. The molecule has 2 radical (unpaired) electrons. The molecule has 22 heavy (non-hydrogen) atoms. The molecule has 0 nitrogen and oxygen atoms in total. The molecule has 0 atom stereocenters. The van der Waals surface area contributed by atoms with Crippen LogP contribution in [0, 0.1) is 0 Å². The summed E-state index contributed by atoms with van der Waals surface area (Å²) in [5, 5.41) is 0. The van der Waals surface area contributed by atoms with Gasteiger partial charge in [-0.25, -0.2) is 0 Å². The number of benzene rings is 3. The summed E-state index contributed by atoms with van der Waals surface area (Å²) in [5.41, 5.74) is 8.78. The van der Waals surface area contributed by atoms with Gasteiger partial charge in [0.25, 0.3) is 0 Å². The molecule has 1 aliphatic rings. The summed E-state index contributed by atoms with van der Waals surface area (Å²) >= 11 is 0. The molecule has 0 aliphatic heterocycles. The van der Waals surface area contributed by atoms with Crippen LogP contribution in [0.15, 0.2) is 66.7 Å². The first-order valence-electron chi connectivity index (χ1n) is 7.68. The number of hydrogen-bond donors (Lipinski definition) is 0. The van der Waals surface area contributed by atoms with Gasteiger partial charge in [0, 0.05) is 5.41 Å². The van der Waals surface area contributed by atoms with E-state index < -0.39 is 0 Å². The molecule has 0 heterocycles. The molecule has 0 spiro atoms. The number of rotatable bonds is 1. The lowest BCUT2D eigenvalue weighted by Crippen LogP contribution is -2.14. The van der Waals surface area contributed by atoms with Crippen LogP contribution < -0.4 is 5.46 Å². The predicted octanol–water partition coefficient (Wildman–Crippen LogP) is 4.45. The van der Waals surface area contributed by atoms with Gasteiger partial charge >= 0.3 is 0 Å². The predicted molar refractivity (Wildman–Crippen MR) is 94.8 cm³/mol. The van der Waals surface area contributed by atoms with E-state index in [1.807, 2.05) is 18.2 Å². The molecule has 4 rings (SSSR count). The zero-order valence-electron chi connectivity index (χ0n) is 12.9. The van der Waals surface area contributed by atoms with E-state index in [0.29, 0.717) is 0 Å². The molecule has 1 aliphatic carbocycles. The lowest BCUT2D eigenvalue weighted by Gasteiger charge is -2.22. The normalized spacial score (nSPS) is 14.5. The van der Waals surface area contributed by atoms with Gasteiger partial charge in [0.15, 0.2) is 0 Å². The first-order valence-corrected chi connectivity index (χ1v) is 7.68. The Hall–Kier alpha value is -2.28. The second-order valence-electron chi connectivity index (χ2n) is 6.56. The topological polar surface area (TPSA) is 0 Å². The standard InChI is InChI=1S/C21H17B/c1-21(2)19-9-4-3-8-17(19)18-11-10-15(13-20(18)21)14-6-5-7-16(22)12-14/h3-13H,1-2H3. The molecule has 104 valence electrons. The zero-order valence-corrected chi connectivity index (χ0v) is 12.9. The molecule has 0 bridgehead atoms. The first kappa shape index (κ1) is 13.4. The molecular weight excluding hydrogens is 263 g/mol. The molecule has 3 aromatic carbocycles. The third-order valence-electron chi connectivity index (χ3n) is 4.80. The highest BCUT2D eigenvalue weighted by atomic mass is 14.4. The Morgan fingerprint density at radius 3 is 2.23 bits per heavy atom. The van der Waals surface area contributed by atoms with Gasteiger partial charge in [0.2, 0.25) is 0 Å². The third-order valence-corrected chi connectivity index (χ3v) is 4.80. The van der Waals surface area contributed by atoms with Gasteiger partial charge < -0.3 is 0 Å². The van der Waals surface area contributed by atoms with Crippen LogP contribution in [0.5, 0.6) is 0 Å². The van der Waals surface area contributed by atoms with Gasteiger partial charge in [0.05, 0.1) is 0 Å². The van der Waals surface area contributed by atoms with E-state index in [0.717, 1.165) is 5.46 Å². The Morgan fingerprint density at radius 2 is 1.41 bits per heavy atom. The minimum Gasteiger partial charge on any atom is -0.0961 e. The fraction of sp³-hybridized carbons (Fsp3) is 0.143. The minimum atomic E-state index is 0.0439. The fourth-order valence-corrected chi connectivity index (χ4v) is 3.60. The highest BCUT2D eigenvalue weighted by Crippen LogP contribution is 2.49. The summed E-state index contributed by atoms with van der Waals surface area (Å²) < 4.78 is 0. The van der Waals surface area contributed by atoms with Gasteiger partial charge in [-0.05, 0) is 39.4 Å². The van der Waals surface area contributed by atoms with Crippen LogP contribution in [0.1, 0.15) is 25.0 Å². The van der Waals surface area contributed by atoms with E-state index >= 15 is 0 Å². The van der Waals surface area contributed by atoms with Crippen LogP contribution in [0.2, 0.25) is 0 Å². The maximum atomic E-state index is 5.93. The lowest BCUT2D eigenvalue weighted by atomic mass is 9.81. The minimum absolute atomic E-state index is 0.0439. The van der Waals surface area contributed by atoms with Crippen molar-refractivity contribution in [3.05, 3.63) is 77.9 Å². The Balaban J connectivity index is 1.92. The van der Waals surface area contributed by atoms with E-state index in [9.17, 15) is 0 Å². The summed E-state index contributed by atoms with van der Waals surface area (Å²) in [5.74, 6) is 0. The van der Waals surface area contributed by atoms with Gasteiger partial charge in [0.1, 0.15) is 7.85 Å². The summed E-state index contributed by atoms with van der Waals surface area (Å²) in [7, 11) is 5.93. The van der Waals surface area contributed by atoms with Gasteiger partial charge in [-0.2, -0.15) is 0 Å². The highest BCUT2D eigenvalue weighted by molar-refractivity contribution is 6.32. The molecule has 0 unspecified atom stereocenters. The fourth-order valence-electron chi connectivity index (χ4n) is 3.60. The van der Waals surface area contributed by atoms with Crippen LogP contribution in [-0.4, -0.2) is 7.85 Å². The van der Waals surface area contributed by atoms with Crippen molar-refractivity contribution >= 4 is 13.3 Å². The molecule has 0 saturated carbocycles. The second-order valence-corrected chi connectivity index (χ2v) is 6.56. The molecule has 0 saturated heterocycles. The van der Waals surface area contributed by atoms with Crippen molar-refractivity contribution in [1.82, 2.24) is 0 Å². The van der Waals surface area contributed by atoms with Gasteiger partial charge in [-0.1, -0.05) is 80.0 Å². The molecular formula is C21H17B. The van der Waals surface area contributed by atoms with E-state index in [-0.39, 0.29) is 5.41 Å². The maximum Gasteiger partial charge on any atom is 0.113 e. The first-order chi connectivity index (χ1) is 10.6. The zero-order chi connectivity index (χ0) is 15.3. The Morgan fingerprint density at radius 1 is 0.682 bits per heavy atom. The van der Waals surface area contributed by atoms with Crippen LogP contribution >= 0.6 is 0 Å². The van der Waals surface area contributed by atoms with Gasteiger partial charge in [-0.3, -0.25) is 0 Å². The van der Waals surface area contributed by atoms with Crippen molar-refractivity contribution < 1.29 is 0 Å². The summed E-state index contributed by atoms with van der Waals surface area (Å²) in [4.78, 5) is 0. The quantitative estimate of drug-likeness (QED) is 0.577. The molecule has 0 amide bonds. The largest absolute Gasteiger partial charge is 0.113 e.